The van der Waals surface area contributed by atoms with E-state index in [9.17, 15) is 0 Å². The first-order chi connectivity index (χ1) is 11.2. The van der Waals surface area contributed by atoms with Crippen LogP contribution in [-0.4, -0.2) is 26.2 Å². The minimum Gasteiger partial charge on any atom is -0.494 e. The van der Waals surface area contributed by atoms with Crippen molar-refractivity contribution in [2.45, 2.75) is 19.9 Å². The molecular weight excluding hydrogens is 314 g/mol. The Hall–Kier alpha value is -2.14. The molecule has 0 radical (unpaired) electrons. The van der Waals surface area contributed by atoms with Crippen LogP contribution in [0.4, 0.5) is 0 Å². The maximum atomic E-state index is 6.07. The molecule has 6 heteroatoms. The fourth-order valence-electron chi connectivity index (χ4n) is 2.16. The fourth-order valence-corrected chi connectivity index (χ4v) is 2.35. The van der Waals surface area contributed by atoms with Crippen LogP contribution in [0.5, 0.6) is 5.75 Å². The lowest BCUT2D eigenvalue weighted by Gasteiger charge is -2.13. The molecule has 2 N–H and O–H groups in total. The van der Waals surface area contributed by atoms with E-state index < -0.39 is 0 Å². The van der Waals surface area contributed by atoms with Crippen LogP contribution < -0.4 is 15.4 Å². The van der Waals surface area contributed by atoms with Gasteiger partial charge in [0.1, 0.15) is 11.5 Å². The van der Waals surface area contributed by atoms with Gasteiger partial charge in [0.2, 0.25) is 0 Å². The van der Waals surface area contributed by atoms with Gasteiger partial charge in [-0.05, 0) is 49.2 Å². The molecule has 0 spiro atoms. The van der Waals surface area contributed by atoms with Crippen molar-refractivity contribution in [2.24, 2.45) is 4.99 Å². The minimum absolute atomic E-state index is 0.591. The molecule has 1 aromatic heterocycles. The van der Waals surface area contributed by atoms with Gasteiger partial charge in [-0.2, -0.15) is 0 Å². The SMILES string of the molecule is CCOc1ccc(Cl)cc1CCNC(=NC)NCc1ccco1. The maximum absolute atomic E-state index is 6.07. The molecule has 124 valence electrons. The first-order valence-corrected chi connectivity index (χ1v) is 7.99. The zero-order chi connectivity index (χ0) is 16.5. The van der Waals surface area contributed by atoms with E-state index in [1.54, 1.807) is 13.3 Å². The van der Waals surface area contributed by atoms with Crippen molar-refractivity contribution in [1.29, 1.82) is 0 Å². The van der Waals surface area contributed by atoms with Crippen LogP contribution in [-0.2, 0) is 13.0 Å². The number of nitrogens with zero attached hydrogens (tertiary/aromatic N) is 1. The number of hydrogen-bond donors (Lipinski definition) is 2. The lowest BCUT2D eigenvalue weighted by molar-refractivity contribution is 0.336. The highest BCUT2D eigenvalue weighted by Gasteiger charge is 2.05. The fraction of sp³-hybridized carbons (Fsp3) is 0.353. The molecule has 5 nitrogen and oxygen atoms in total. The molecule has 0 amide bonds. The molecule has 0 fully saturated rings. The van der Waals surface area contributed by atoms with Gasteiger partial charge in [0, 0.05) is 18.6 Å². The van der Waals surface area contributed by atoms with E-state index in [1.807, 2.05) is 37.3 Å². The minimum atomic E-state index is 0.591. The number of benzene rings is 1. The summed E-state index contributed by atoms with van der Waals surface area (Å²) in [5, 5.41) is 7.18. The number of nitrogens with one attached hydrogen (secondary N) is 2. The van der Waals surface area contributed by atoms with E-state index in [4.69, 9.17) is 20.8 Å². The summed E-state index contributed by atoms with van der Waals surface area (Å²) in [5.74, 6) is 2.46. The summed E-state index contributed by atoms with van der Waals surface area (Å²) in [4.78, 5) is 4.19. The second kappa shape index (κ2) is 9.10. The number of halogens is 1. The van der Waals surface area contributed by atoms with E-state index in [0.29, 0.717) is 18.2 Å². The van der Waals surface area contributed by atoms with E-state index >= 15 is 0 Å². The van der Waals surface area contributed by atoms with Crippen LogP contribution in [0, 0.1) is 0 Å². The zero-order valence-corrected chi connectivity index (χ0v) is 14.2. The Kier molecular flexibility index (Phi) is 6.81. The molecule has 1 heterocycles. The van der Waals surface area contributed by atoms with Crippen LogP contribution in [0.3, 0.4) is 0 Å². The zero-order valence-electron chi connectivity index (χ0n) is 13.4. The summed E-state index contributed by atoms with van der Waals surface area (Å²) < 4.78 is 10.9. The molecule has 0 bridgehead atoms. The normalized spacial score (nSPS) is 11.3. The molecule has 2 rings (SSSR count). The van der Waals surface area contributed by atoms with Crippen LogP contribution >= 0.6 is 11.6 Å². The highest BCUT2D eigenvalue weighted by Crippen LogP contribution is 2.23. The molecule has 0 aliphatic carbocycles. The third-order valence-corrected chi connectivity index (χ3v) is 3.48. The molecule has 0 aliphatic heterocycles. The number of ether oxygens (including phenoxy) is 1. The molecule has 0 saturated heterocycles. The van der Waals surface area contributed by atoms with Crippen molar-refractivity contribution in [3.8, 4) is 5.75 Å². The van der Waals surface area contributed by atoms with Gasteiger partial charge in [-0.1, -0.05) is 11.6 Å². The van der Waals surface area contributed by atoms with Gasteiger partial charge >= 0.3 is 0 Å². The van der Waals surface area contributed by atoms with Crippen molar-refractivity contribution in [3.05, 3.63) is 52.9 Å². The number of guanidine groups is 1. The Morgan fingerprint density at radius 3 is 2.87 bits per heavy atom. The van der Waals surface area contributed by atoms with Gasteiger partial charge < -0.3 is 19.8 Å². The van der Waals surface area contributed by atoms with Crippen molar-refractivity contribution in [1.82, 2.24) is 10.6 Å². The lowest BCUT2D eigenvalue weighted by Crippen LogP contribution is -2.37. The second-order valence-electron chi connectivity index (χ2n) is 4.87. The predicted octanol–water partition coefficient (Wildman–Crippen LogP) is 3.24. The van der Waals surface area contributed by atoms with E-state index in [0.717, 1.165) is 36.0 Å². The standard InChI is InChI=1S/C17H22ClN3O2/c1-3-22-16-7-6-14(18)11-13(16)8-9-20-17(19-2)21-12-15-5-4-10-23-15/h4-7,10-11H,3,8-9,12H2,1-2H3,(H2,19,20,21). The van der Waals surface area contributed by atoms with Gasteiger partial charge in [0.25, 0.3) is 0 Å². The second-order valence-corrected chi connectivity index (χ2v) is 5.30. The Morgan fingerprint density at radius 2 is 2.17 bits per heavy atom. The first kappa shape index (κ1) is 17.2. The molecule has 0 atom stereocenters. The molecule has 2 aromatic rings. The summed E-state index contributed by atoms with van der Waals surface area (Å²) in [5.41, 5.74) is 1.08. The monoisotopic (exact) mass is 335 g/mol. The van der Waals surface area contributed by atoms with E-state index in [1.165, 1.54) is 0 Å². The Morgan fingerprint density at radius 1 is 1.30 bits per heavy atom. The quantitative estimate of drug-likeness (QED) is 0.602. The third kappa shape index (κ3) is 5.53. The Bertz CT molecular complexity index is 627. The highest BCUT2D eigenvalue weighted by atomic mass is 35.5. The average Bonchev–Trinajstić information content (AvgIpc) is 3.06. The topological polar surface area (TPSA) is 58.8 Å². The summed E-state index contributed by atoms with van der Waals surface area (Å²) >= 11 is 6.07. The molecule has 1 aromatic carbocycles. The van der Waals surface area contributed by atoms with Crippen LogP contribution in [0.1, 0.15) is 18.2 Å². The van der Waals surface area contributed by atoms with Gasteiger partial charge in [0.05, 0.1) is 19.4 Å². The smallest absolute Gasteiger partial charge is 0.191 e. The summed E-state index contributed by atoms with van der Waals surface area (Å²) in [6.45, 7) is 3.91. The van der Waals surface area contributed by atoms with Gasteiger partial charge in [-0.15, -0.1) is 0 Å². The summed E-state index contributed by atoms with van der Waals surface area (Å²) in [7, 11) is 1.74. The first-order valence-electron chi connectivity index (χ1n) is 7.61. The number of hydrogen-bond acceptors (Lipinski definition) is 3. The third-order valence-electron chi connectivity index (χ3n) is 3.24. The van der Waals surface area contributed by atoms with Gasteiger partial charge in [-0.25, -0.2) is 0 Å². The Labute approximate surface area is 141 Å². The van der Waals surface area contributed by atoms with E-state index in [-0.39, 0.29) is 0 Å². The molecule has 0 saturated carbocycles. The highest BCUT2D eigenvalue weighted by molar-refractivity contribution is 6.30. The Balaban J connectivity index is 1.84. The van der Waals surface area contributed by atoms with Gasteiger partial charge in [0.15, 0.2) is 5.96 Å². The number of furan rings is 1. The van der Waals surface area contributed by atoms with Crippen LogP contribution in [0.2, 0.25) is 5.02 Å². The van der Waals surface area contributed by atoms with Crippen LogP contribution in [0.25, 0.3) is 0 Å². The summed E-state index contributed by atoms with van der Waals surface area (Å²) in [6, 6.07) is 9.47. The molecule has 23 heavy (non-hydrogen) atoms. The maximum Gasteiger partial charge on any atom is 0.191 e. The summed E-state index contributed by atoms with van der Waals surface area (Å²) in [6.07, 6.45) is 2.44. The van der Waals surface area contributed by atoms with Crippen molar-refractivity contribution in [2.75, 3.05) is 20.2 Å². The van der Waals surface area contributed by atoms with Gasteiger partial charge in [-0.3, -0.25) is 4.99 Å². The molecular formula is C17H22ClN3O2. The van der Waals surface area contributed by atoms with Crippen molar-refractivity contribution in [3.63, 3.8) is 0 Å². The number of aliphatic imine (C=N–C) groups is 1. The predicted molar refractivity (Wildman–Crippen MR) is 93.2 cm³/mol. The van der Waals surface area contributed by atoms with Crippen molar-refractivity contribution < 1.29 is 9.15 Å². The van der Waals surface area contributed by atoms with Crippen molar-refractivity contribution >= 4 is 17.6 Å². The number of rotatable bonds is 7. The molecule has 0 unspecified atom stereocenters. The molecule has 0 aliphatic rings. The lowest BCUT2D eigenvalue weighted by atomic mass is 10.1. The van der Waals surface area contributed by atoms with E-state index in [2.05, 4.69) is 15.6 Å². The largest absolute Gasteiger partial charge is 0.494 e. The average molecular weight is 336 g/mol. The van der Waals surface area contributed by atoms with Crippen LogP contribution in [0.15, 0.2) is 46.0 Å².